The maximum absolute atomic E-state index is 6.25. The second-order valence-electron chi connectivity index (χ2n) is 6.26. The molecule has 4 aromatic rings. The molecule has 0 spiro atoms. The highest BCUT2D eigenvalue weighted by molar-refractivity contribution is 5.74. The maximum atomic E-state index is 6.25. The first kappa shape index (κ1) is 17.0. The van der Waals surface area contributed by atoms with Crippen LogP contribution in [0.1, 0.15) is 6.92 Å². The summed E-state index contributed by atoms with van der Waals surface area (Å²) in [7, 11) is 0. The van der Waals surface area contributed by atoms with E-state index in [0.717, 1.165) is 39.5 Å². The lowest BCUT2D eigenvalue weighted by molar-refractivity contribution is 0.340. The molecule has 3 aromatic carbocycles. The first-order valence-electron chi connectivity index (χ1n) is 9.16. The average Bonchev–Trinajstić information content (AvgIpc) is 2.75. The summed E-state index contributed by atoms with van der Waals surface area (Å²) in [6.45, 7) is 2.66. The van der Waals surface area contributed by atoms with Gasteiger partial charge in [-0.1, -0.05) is 48.5 Å². The van der Waals surface area contributed by atoms with E-state index < -0.39 is 0 Å². The van der Waals surface area contributed by atoms with Gasteiger partial charge in [0.05, 0.1) is 29.9 Å². The number of rotatable bonds is 5. The molecule has 0 bridgehead atoms. The van der Waals surface area contributed by atoms with Gasteiger partial charge in [0.2, 0.25) is 0 Å². The van der Waals surface area contributed by atoms with E-state index in [1.807, 2.05) is 55.5 Å². The zero-order chi connectivity index (χ0) is 18.5. The highest BCUT2D eigenvalue weighted by Gasteiger charge is 2.20. The van der Waals surface area contributed by atoms with Gasteiger partial charge in [0, 0.05) is 5.56 Å². The van der Waals surface area contributed by atoms with Crippen molar-refractivity contribution in [3.63, 3.8) is 0 Å². The summed E-state index contributed by atoms with van der Waals surface area (Å²) in [6.07, 6.45) is 0. The Hall–Kier alpha value is -3.39. The molecule has 0 amide bonds. The Balaban J connectivity index is 1.83. The number of ether oxygens (including phenoxy) is 1. The molecule has 2 heteroatoms. The second-order valence-corrected chi connectivity index (χ2v) is 6.26. The van der Waals surface area contributed by atoms with Crippen molar-refractivity contribution in [2.24, 2.45) is 0 Å². The molecule has 1 heterocycles. The molecule has 27 heavy (non-hydrogen) atoms. The molecular weight excluding hydrogens is 332 g/mol. The third-order valence-corrected chi connectivity index (χ3v) is 4.41. The third-order valence-electron chi connectivity index (χ3n) is 4.41. The van der Waals surface area contributed by atoms with Crippen LogP contribution in [0.3, 0.4) is 0 Å². The van der Waals surface area contributed by atoms with Gasteiger partial charge in [-0.2, -0.15) is 0 Å². The van der Waals surface area contributed by atoms with Crippen molar-refractivity contribution in [3.05, 3.63) is 97.1 Å². The van der Waals surface area contributed by atoms with Crippen LogP contribution in [0.25, 0.3) is 33.8 Å². The Morgan fingerprint density at radius 2 is 1.11 bits per heavy atom. The average molecular weight is 353 g/mol. The van der Waals surface area contributed by atoms with E-state index in [9.17, 15) is 0 Å². The smallest absolute Gasteiger partial charge is 0.361 e. The second kappa shape index (κ2) is 7.88. The molecule has 2 nitrogen and oxygen atoms in total. The van der Waals surface area contributed by atoms with E-state index in [0.29, 0.717) is 6.61 Å². The van der Waals surface area contributed by atoms with Crippen molar-refractivity contribution >= 4 is 0 Å². The number of benzene rings is 3. The fourth-order valence-corrected chi connectivity index (χ4v) is 3.07. The van der Waals surface area contributed by atoms with Gasteiger partial charge in [-0.25, -0.2) is 4.42 Å². The van der Waals surface area contributed by atoms with Crippen LogP contribution in [0, 0.1) is 0 Å². The lowest BCUT2D eigenvalue weighted by Crippen LogP contribution is -1.91. The van der Waals surface area contributed by atoms with Crippen molar-refractivity contribution in [1.82, 2.24) is 0 Å². The van der Waals surface area contributed by atoms with E-state index in [1.54, 1.807) is 0 Å². The maximum Gasteiger partial charge on any atom is 0.361 e. The van der Waals surface area contributed by atoms with Gasteiger partial charge < -0.3 is 4.74 Å². The van der Waals surface area contributed by atoms with E-state index >= 15 is 0 Å². The molecule has 1 aromatic heterocycles. The highest BCUT2D eigenvalue weighted by Crippen LogP contribution is 2.33. The van der Waals surface area contributed by atoms with Crippen LogP contribution < -0.4 is 4.74 Å². The zero-order valence-electron chi connectivity index (χ0n) is 15.3. The summed E-state index contributed by atoms with van der Waals surface area (Å²) in [5.74, 6) is 2.58. The van der Waals surface area contributed by atoms with Crippen LogP contribution in [0.2, 0.25) is 0 Å². The van der Waals surface area contributed by atoms with E-state index in [2.05, 4.69) is 48.5 Å². The van der Waals surface area contributed by atoms with Crippen LogP contribution in [0.5, 0.6) is 5.75 Å². The first-order chi connectivity index (χ1) is 13.3. The monoisotopic (exact) mass is 353 g/mol. The Morgan fingerprint density at radius 1 is 0.593 bits per heavy atom. The van der Waals surface area contributed by atoms with Gasteiger partial charge >= 0.3 is 11.5 Å². The van der Waals surface area contributed by atoms with E-state index in [-0.39, 0.29) is 0 Å². The molecule has 132 valence electrons. The van der Waals surface area contributed by atoms with Crippen molar-refractivity contribution in [3.8, 4) is 39.5 Å². The SMILES string of the molecule is CCOc1ccc(-c2cc(-c3ccccc3)[o+]c(-c3ccccc3)c2)cc1. The van der Waals surface area contributed by atoms with E-state index in [4.69, 9.17) is 9.15 Å². The molecule has 0 aliphatic heterocycles. The molecule has 0 N–H and O–H groups in total. The predicted octanol–water partition coefficient (Wildman–Crippen LogP) is 6.96. The fraction of sp³-hybridized carbons (Fsp3) is 0.0800. The predicted molar refractivity (Wildman–Crippen MR) is 111 cm³/mol. The van der Waals surface area contributed by atoms with Crippen molar-refractivity contribution in [2.45, 2.75) is 6.92 Å². The Labute approximate surface area is 159 Å². The standard InChI is InChI=1S/C25H21O2/c1-2-26-23-15-13-19(14-16-23)22-17-24(20-9-5-3-6-10-20)27-25(18-22)21-11-7-4-8-12-21/h3-18H,2H2,1H3/q+1. The summed E-state index contributed by atoms with van der Waals surface area (Å²) in [5, 5.41) is 0. The molecule has 0 unspecified atom stereocenters. The summed E-state index contributed by atoms with van der Waals surface area (Å²) in [5.41, 5.74) is 4.36. The highest BCUT2D eigenvalue weighted by atomic mass is 16.5. The van der Waals surface area contributed by atoms with Crippen molar-refractivity contribution in [1.29, 1.82) is 0 Å². The molecule has 0 aliphatic rings. The molecule has 0 atom stereocenters. The summed E-state index contributed by atoms with van der Waals surface area (Å²) in [6, 6.07) is 32.8. The van der Waals surface area contributed by atoms with Crippen molar-refractivity contribution in [2.75, 3.05) is 6.61 Å². The lowest BCUT2D eigenvalue weighted by Gasteiger charge is -2.05. The Morgan fingerprint density at radius 3 is 1.59 bits per heavy atom. The Kier molecular flexibility index (Phi) is 4.97. The van der Waals surface area contributed by atoms with Gasteiger partial charge in [0.25, 0.3) is 0 Å². The fourth-order valence-electron chi connectivity index (χ4n) is 3.07. The molecule has 0 saturated carbocycles. The lowest BCUT2D eigenvalue weighted by atomic mass is 10.0. The number of hydrogen-bond donors (Lipinski definition) is 0. The largest absolute Gasteiger partial charge is 0.494 e. The molecule has 0 radical (unpaired) electrons. The number of hydrogen-bond acceptors (Lipinski definition) is 1. The third kappa shape index (κ3) is 3.90. The molecule has 0 fully saturated rings. The molecular formula is C25H21O2+. The summed E-state index contributed by atoms with van der Waals surface area (Å²) < 4.78 is 11.8. The molecule has 0 saturated heterocycles. The quantitative estimate of drug-likeness (QED) is 0.361. The molecule has 0 aliphatic carbocycles. The topological polar surface area (TPSA) is 20.5 Å². The summed E-state index contributed by atoms with van der Waals surface area (Å²) in [4.78, 5) is 0. The van der Waals surface area contributed by atoms with Crippen LogP contribution in [0.15, 0.2) is 101 Å². The van der Waals surface area contributed by atoms with Gasteiger partial charge in [0.15, 0.2) is 0 Å². The van der Waals surface area contributed by atoms with E-state index in [1.165, 1.54) is 0 Å². The van der Waals surface area contributed by atoms with Crippen LogP contribution in [0.4, 0.5) is 0 Å². The van der Waals surface area contributed by atoms with Gasteiger partial charge in [-0.05, 0) is 48.9 Å². The van der Waals surface area contributed by atoms with Crippen LogP contribution in [-0.2, 0) is 0 Å². The van der Waals surface area contributed by atoms with Crippen molar-refractivity contribution < 1.29 is 9.15 Å². The van der Waals surface area contributed by atoms with Gasteiger partial charge in [0.1, 0.15) is 5.75 Å². The minimum atomic E-state index is 0.667. The minimum Gasteiger partial charge on any atom is -0.494 e. The first-order valence-corrected chi connectivity index (χ1v) is 9.16. The Bertz CT molecular complexity index is 949. The van der Waals surface area contributed by atoms with Crippen LogP contribution >= 0.6 is 0 Å². The summed E-state index contributed by atoms with van der Waals surface area (Å²) >= 11 is 0. The normalized spacial score (nSPS) is 10.6. The van der Waals surface area contributed by atoms with Gasteiger partial charge in [-0.15, -0.1) is 0 Å². The molecule has 4 rings (SSSR count). The van der Waals surface area contributed by atoms with Gasteiger partial charge in [-0.3, -0.25) is 0 Å². The zero-order valence-corrected chi connectivity index (χ0v) is 15.3. The minimum absolute atomic E-state index is 0.667. The van der Waals surface area contributed by atoms with Crippen LogP contribution in [-0.4, -0.2) is 6.61 Å².